The van der Waals surface area contributed by atoms with Gasteiger partial charge in [0, 0.05) is 12.4 Å². The van der Waals surface area contributed by atoms with Gasteiger partial charge in [0.25, 0.3) is 5.91 Å². The molecule has 0 spiro atoms. The lowest BCUT2D eigenvalue weighted by atomic mass is 9.99. The van der Waals surface area contributed by atoms with Gasteiger partial charge >= 0.3 is 0 Å². The fourth-order valence-electron chi connectivity index (χ4n) is 4.55. The van der Waals surface area contributed by atoms with Crippen LogP contribution in [0.4, 0.5) is 0 Å². The van der Waals surface area contributed by atoms with Gasteiger partial charge in [-0.25, -0.2) is 10.4 Å². The largest absolute Gasteiger partial charge is 0.493 e. The van der Waals surface area contributed by atoms with Crippen LogP contribution < -0.4 is 10.2 Å². The summed E-state index contributed by atoms with van der Waals surface area (Å²) in [6.45, 7) is 6.91. The lowest BCUT2D eigenvalue weighted by molar-refractivity contribution is -0.135. The van der Waals surface area contributed by atoms with E-state index < -0.39 is 0 Å². The van der Waals surface area contributed by atoms with Gasteiger partial charge < -0.3 is 19.1 Å². The Kier molecular flexibility index (Phi) is 6.11. The summed E-state index contributed by atoms with van der Waals surface area (Å²) in [6.07, 6.45) is 5.49. The number of nitrogens with zero attached hydrogens (tertiary/aromatic N) is 3. The topological polar surface area (TPSA) is 70.8 Å². The summed E-state index contributed by atoms with van der Waals surface area (Å²) in [5, 5.41) is 1.93. The molecule has 3 heterocycles. The number of rotatable bonds is 7. The van der Waals surface area contributed by atoms with Crippen LogP contribution in [0.1, 0.15) is 48.9 Å². The number of oxazole rings is 1. The van der Waals surface area contributed by atoms with Crippen LogP contribution in [0.5, 0.6) is 5.75 Å². The minimum atomic E-state index is -0.244. The van der Waals surface area contributed by atoms with Gasteiger partial charge in [-0.05, 0) is 49.9 Å². The Bertz CT molecular complexity index is 1200. The van der Waals surface area contributed by atoms with Crippen molar-refractivity contribution in [2.75, 3.05) is 6.61 Å². The van der Waals surface area contributed by atoms with Crippen molar-refractivity contribution in [3.63, 3.8) is 0 Å². The van der Waals surface area contributed by atoms with Crippen molar-refractivity contribution >= 4 is 5.91 Å². The molecule has 0 aliphatic carbocycles. The minimum absolute atomic E-state index is 0.0568. The molecule has 7 heteroatoms. The molecule has 5 rings (SSSR count). The fourth-order valence-corrected chi connectivity index (χ4v) is 4.55. The normalized spacial score (nSPS) is 19.6. The van der Waals surface area contributed by atoms with Crippen LogP contribution in [0.2, 0.25) is 0 Å². The Morgan fingerprint density at radius 1 is 1.12 bits per heavy atom. The monoisotopic (exact) mass is 458 g/mol. The first-order valence-electron chi connectivity index (χ1n) is 11.9. The van der Waals surface area contributed by atoms with E-state index in [0.29, 0.717) is 24.8 Å². The second kappa shape index (κ2) is 9.35. The maximum atomic E-state index is 13.3. The summed E-state index contributed by atoms with van der Waals surface area (Å²) in [7, 11) is 0. The molecule has 0 bridgehead atoms. The first kappa shape index (κ1) is 22.2. The van der Waals surface area contributed by atoms with Gasteiger partial charge in [0.15, 0.2) is 0 Å². The molecular formula is C27H30N4O3. The molecule has 1 amide bonds. The van der Waals surface area contributed by atoms with E-state index in [9.17, 15) is 4.79 Å². The average molecular weight is 459 g/mol. The number of carbonyl (C=O) groups is 1. The summed E-state index contributed by atoms with van der Waals surface area (Å²) in [5.74, 6) is 1.99. The fraction of sp³-hybridized carbons (Fsp3) is 0.333. The number of ether oxygens (including phenoxy) is 1. The van der Waals surface area contributed by atoms with E-state index in [2.05, 4.69) is 36.6 Å². The Morgan fingerprint density at radius 2 is 1.91 bits per heavy atom. The van der Waals surface area contributed by atoms with Gasteiger partial charge in [-0.1, -0.05) is 43.3 Å². The number of aromatic nitrogens is 1. The van der Waals surface area contributed by atoms with Crippen molar-refractivity contribution in [2.45, 2.75) is 52.2 Å². The molecule has 7 nitrogen and oxygen atoms in total. The first-order valence-corrected chi connectivity index (χ1v) is 11.9. The predicted octanol–water partition coefficient (Wildman–Crippen LogP) is 4.74. The Balaban J connectivity index is 1.31. The van der Waals surface area contributed by atoms with Crippen molar-refractivity contribution in [2.24, 2.45) is 0 Å². The number of benzene rings is 2. The van der Waals surface area contributed by atoms with E-state index >= 15 is 0 Å². The molecule has 2 unspecified atom stereocenters. The van der Waals surface area contributed by atoms with E-state index in [1.165, 1.54) is 11.1 Å². The highest BCUT2D eigenvalue weighted by molar-refractivity contribution is 5.84. The highest BCUT2D eigenvalue weighted by Gasteiger charge is 2.40. The molecule has 1 N–H and O–H groups in total. The summed E-state index contributed by atoms with van der Waals surface area (Å²) in [5.41, 5.74) is 7.53. The highest BCUT2D eigenvalue weighted by Crippen LogP contribution is 2.33. The molecule has 2 atom stereocenters. The Hall–Kier alpha value is -3.58. The van der Waals surface area contributed by atoms with E-state index in [0.717, 1.165) is 29.8 Å². The van der Waals surface area contributed by atoms with Crippen molar-refractivity contribution in [3.8, 4) is 17.2 Å². The van der Waals surface area contributed by atoms with Gasteiger partial charge in [0.1, 0.15) is 23.2 Å². The second-order valence-corrected chi connectivity index (χ2v) is 8.65. The van der Waals surface area contributed by atoms with Crippen molar-refractivity contribution in [1.29, 1.82) is 0 Å². The molecule has 0 saturated carbocycles. The number of nitrogens with one attached hydrogen (secondary N) is 1. The van der Waals surface area contributed by atoms with Gasteiger partial charge in [0.05, 0.1) is 24.8 Å². The lowest BCUT2D eigenvalue weighted by Crippen LogP contribution is -2.47. The lowest BCUT2D eigenvalue weighted by Gasteiger charge is -2.31. The number of para-hydroxylation sites is 1. The second-order valence-electron chi connectivity index (χ2n) is 8.65. The van der Waals surface area contributed by atoms with Crippen LogP contribution >= 0.6 is 0 Å². The quantitative estimate of drug-likeness (QED) is 0.551. The third-order valence-corrected chi connectivity index (χ3v) is 6.50. The summed E-state index contributed by atoms with van der Waals surface area (Å²) in [4.78, 5) is 19.8. The smallest absolute Gasteiger partial charge is 0.251 e. The van der Waals surface area contributed by atoms with Gasteiger partial charge in [-0.2, -0.15) is 0 Å². The highest BCUT2D eigenvalue weighted by atomic mass is 16.5. The maximum absolute atomic E-state index is 13.3. The molecule has 1 fully saturated rings. The molecule has 3 aromatic rings. The first-order chi connectivity index (χ1) is 16.6. The summed E-state index contributed by atoms with van der Waals surface area (Å²) >= 11 is 0. The summed E-state index contributed by atoms with van der Waals surface area (Å²) < 4.78 is 11.7. The molecule has 2 aliphatic rings. The number of carbonyl (C=O) groups excluding carboxylic acids is 1. The van der Waals surface area contributed by atoms with Crippen LogP contribution in [0, 0.1) is 6.92 Å². The van der Waals surface area contributed by atoms with E-state index in [4.69, 9.17) is 14.1 Å². The molecule has 176 valence electrons. The Morgan fingerprint density at radius 3 is 2.68 bits per heavy atom. The van der Waals surface area contributed by atoms with E-state index in [1.807, 2.05) is 55.5 Å². The standard InChI is InChI=1S/C27H30N4O3/c1-4-19-10-12-20(13-11-19)22-16-24-27(32)30(14-15-31(24)29-22)17-23-18(3)34-26(28-23)21-8-6-7-9-25(21)33-5-2/h6-15,22,24,29H,4-5,16-17H2,1-3H3. The van der Waals surface area contributed by atoms with Crippen LogP contribution in [0.25, 0.3) is 11.5 Å². The molecule has 1 aromatic heterocycles. The summed E-state index contributed by atoms with van der Waals surface area (Å²) in [6, 6.07) is 16.2. The zero-order valence-electron chi connectivity index (χ0n) is 19.8. The molecule has 1 saturated heterocycles. The van der Waals surface area contributed by atoms with Gasteiger partial charge in [-0.15, -0.1) is 0 Å². The van der Waals surface area contributed by atoms with Crippen LogP contribution in [-0.4, -0.2) is 33.4 Å². The Labute approximate surface area is 200 Å². The van der Waals surface area contributed by atoms with E-state index in [-0.39, 0.29) is 18.0 Å². The minimum Gasteiger partial charge on any atom is -0.493 e. The SMILES string of the molecule is CCOc1ccccc1-c1nc(CN2C=CN3NC(c4ccc(CC)cc4)CC3C2=O)c(C)o1. The number of hydrogen-bond acceptors (Lipinski definition) is 6. The van der Waals surface area contributed by atoms with Crippen LogP contribution in [-0.2, 0) is 17.8 Å². The number of aryl methyl sites for hydroxylation is 2. The zero-order chi connectivity index (χ0) is 23.7. The number of hydrogen-bond donors (Lipinski definition) is 1. The number of fused-ring (bicyclic) bond motifs is 1. The van der Waals surface area contributed by atoms with Crippen LogP contribution in [0.15, 0.2) is 65.3 Å². The molecule has 0 radical (unpaired) electrons. The van der Waals surface area contributed by atoms with Gasteiger partial charge in [-0.3, -0.25) is 4.79 Å². The molecule has 2 aliphatic heterocycles. The third-order valence-electron chi connectivity index (χ3n) is 6.50. The molecule has 34 heavy (non-hydrogen) atoms. The number of amides is 1. The third kappa shape index (κ3) is 4.19. The molecule has 2 aromatic carbocycles. The average Bonchev–Trinajstić information content (AvgIpc) is 3.46. The zero-order valence-corrected chi connectivity index (χ0v) is 19.8. The predicted molar refractivity (Wildman–Crippen MR) is 129 cm³/mol. The number of hydrazine groups is 1. The van der Waals surface area contributed by atoms with Gasteiger partial charge in [0.2, 0.25) is 5.89 Å². The van der Waals surface area contributed by atoms with E-state index in [1.54, 1.807) is 4.90 Å². The van der Waals surface area contributed by atoms with Crippen molar-refractivity contribution in [3.05, 3.63) is 83.5 Å². The molecular weight excluding hydrogens is 428 g/mol. The maximum Gasteiger partial charge on any atom is 0.251 e. The van der Waals surface area contributed by atoms with Crippen molar-refractivity contribution < 1.29 is 13.9 Å². The van der Waals surface area contributed by atoms with Crippen LogP contribution in [0.3, 0.4) is 0 Å². The van der Waals surface area contributed by atoms with Crippen molar-refractivity contribution in [1.82, 2.24) is 20.3 Å².